The van der Waals surface area contributed by atoms with Crippen molar-refractivity contribution in [2.24, 2.45) is 11.8 Å². The topological polar surface area (TPSA) is 12.0 Å². The van der Waals surface area contributed by atoms with Crippen molar-refractivity contribution in [3.8, 4) is 0 Å². The normalized spacial score (nSPS) is 24.0. The molecule has 0 spiro atoms. The van der Waals surface area contributed by atoms with Crippen molar-refractivity contribution >= 4 is 0 Å². The van der Waals surface area contributed by atoms with E-state index in [9.17, 15) is 0 Å². The Labute approximate surface area is 115 Å². The van der Waals surface area contributed by atoms with Gasteiger partial charge >= 0.3 is 0 Å². The molecule has 1 fully saturated rings. The standard InChI is InChI=1S/C17H35N/c1-5-6-7-8-9-10-11-15-12-13-16(15)14-18-17(2,3)4/h15-16,18H,5-14H2,1-4H3. The van der Waals surface area contributed by atoms with Crippen LogP contribution in [0.2, 0.25) is 0 Å². The molecule has 0 aromatic rings. The lowest BCUT2D eigenvalue weighted by molar-refractivity contribution is 0.146. The summed E-state index contributed by atoms with van der Waals surface area (Å²) in [6.45, 7) is 10.3. The number of hydrogen-bond acceptors (Lipinski definition) is 1. The van der Waals surface area contributed by atoms with Crippen molar-refractivity contribution in [3.63, 3.8) is 0 Å². The summed E-state index contributed by atoms with van der Waals surface area (Å²) in [5.41, 5.74) is 0.292. The monoisotopic (exact) mass is 253 g/mol. The number of rotatable bonds is 9. The quantitative estimate of drug-likeness (QED) is 0.560. The van der Waals surface area contributed by atoms with Crippen LogP contribution in [0.3, 0.4) is 0 Å². The number of hydrogen-bond donors (Lipinski definition) is 1. The third kappa shape index (κ3) is 6.78. The Hall–Kier alpha value is -0.0400. The van der Waals surface area contributed by atoms with Crippen LogP contribution in [0.15, 0.2) is 0 Å². The number of unbranched alkanes of at least 4 members (excludes halogenated alkanes) is 5. The first kappa shape index (κ1) is 16.0. The zero-order valence-corrected chi connectivity index (χ0v) is 13.2. The van der Waals surface area contributed by atoms with Gasteiger partial charge in [-0.2, -0.15) is 0 Å². The van der Waals surface area contributed by atoms with Crippen molar-refractivity contribution < 1.29 is 0 Å². The Bertz CT molecular complexity index is 204. The molecule has 0 bridgehead atoms. The van der Waals surface area contributed by atoms with E-state index < -0.39 is 0 Å². The highest BCUT2D eigenvalue weighted by molar-refractivity contribution is 4.84. The van der Waals surface area contributed by atoms with Crippen LogP contribution in [0.25, 0.3) is 0 Å². The molecule has 108 valence electrons. The molecule has 1 saturated carbocycles. The molecule has 1 N–H and O–H groups in total. The summed E-state index contributed by atoms with van der Waals surface area (Å²) in [4.78, 5) is 0. The third-order valence-electron chi connectivity index (χ3n) is 4.40. The van der Waals surface area contributed by atoms with E-state index in [2.05, 4.69) is 33.0 Å². The molecule has 0 radical (unpaired) electrons. The van der Waals surface area contributed by atoms with Gasteiger partial charge in [-0.05, 0) is 52.0 Å². The molecule has 0 heterocycles. The Morgan fingerprint density at radius 2 is 1.50 bits per heavy atom. The van der Waals surface area contributed by atoms with Gasteiger partial charge in [-0.1, -0.05) is 51.9 Å². The van der Waals surface area contributed by atoms with Crippen LogP contribution in [0.5, 0.6) is 0 Å². The van der Waals surface area contributed by atoms with Gasteiger partial charge in [0.1, 0.15) is 0 Å². The van der Waals surface area contributed by atoms with Crippen LogP contribution in [0, 0.1) is 11.8 Å². The van der Waals surface area contributed by atoms with E-state index in [4.69, 9.17) is 0 Å². The fourth-order valence-corrected chi connectivity index (χ4v) is 2.91. The fraction of sp³-hybridized carbons (Fsp3) is 1.00. The average Bonchev–Trinajstić information content (AvgIpc) is 2.25. The highest BCUT2D eigenvalue weighted by Crippen LogP contribution is 2.37. The minimum absolute atomic E-state index is 0.292. The molecule has 1 rings (SSSR count). The number of nitrogens with one attached hydrogen (secondary N) is 1. The summed E-state index contributed by atoms with van der Waals surface area (Å²) in [5, 5.41) is 3.67. The van der Waals surface area contributed by atoms with Crippen LogP contribution < -0.4 is 5.32 Å². The molecule has 1 aliphatic carbocycles. The van der Waals surface area contributed by atoms with E-state index in [1.54, 1.807) is 0 Å². The van der Waals surface area contributed by atoms with E-state index in [1.165, 1.54) is 64.3 Å². The predicted octanol–water partition coefficient (Wildman–Crippen LogP) is 5.15. The molecule has 0 amide bonds. The first-order chi connectivity index (χ1) is 8.53. The fourth-order valence-electron chi connectivity index (χ4n) is 2.91. The summed E-state index contributed by atoms with van der Waals surface area (Å²) >= 11 is 0. The second-order valence-electron chi connectivity index (χ2n) is 7.28. The molecule has 0 aliphatic heterocycles. The van der Waals surface area contributed by atoms with E-state index in [-0.39, 0.29) is 0 Å². The van der Waals surface area contributed by atoms with Crippen LogP contribution >= 0.6 is 0 Å². The molecule has 0 saturated heterocycles. The van der Waals surface area contributed by atoms with E-state index in [0.29, 0.717) is 5.54 Å². The van der Waals surface area contributed by atoms with Crippen LogP contribution in [-0.2, 0) is 0 Å². The molecule has 2 atom stereocenters. The van der Waals surface area contributed by atoms with Crippen molar-refractivity contribution in [1.82, 2.24) is 5.32 Å². The van der Waals surface area contributed by atoms with Crippen LogP contribution in [-0.4, -0.2) is 12.1 Å². The Morgan fingerprint density at radius 3 is 2.06 bits per heavy atom. The zero-order valence-electron chi connectivity index (χ0n) is 13.2. The van der Waals surface area contributed by atoms with Crippen molar-refractivity contribution in [2.45, 2.75) is 91.0 Å². The predicted molar refractivity (Wildman–Crippen MR) is 82.0 cm³/mol. The molecular formula is C17H35N. The molecule has 0 aromatic carbocycles. The molecule has 1 heteroatoms. The third-order valence-corrected chi connectivity index (χ3v) is 4.40. The zero-order chi connectivity index (χ0) is 13.4. The SMILES string of the molecule is CCCCCCCCC1CCC1CNC(C)(C)C. The van der Waals surface area contributed by atoms with Gasteiger partial charge in [0.15, 0.2) is 0 Å². The molecule has 1 aliphatic rings. The van der Waals surface area contributed by atoms with Gasteiger partial charge in [-0.3, -0.25) is 0 Å². The van der Waals surface area contributed by atoms with Gasteiger partial charge in [0.05, 0.1) is 0 Å². The molecule has 1 nitrogen and oxygen atoms in total. The highest BCUT2D eigenvalue weighted by Gasteiger charge is 2.30. The van der Waals surface area contributed by atoms with E-state index >= 15 is 0 Å². The minimum atomic E-state index is 0.292. The minimum Gasteiger partial charge on any atom is -0.312 e. The summed E-state index contributed by atoms with van der Waals surface area (Å²) in [6, 6.07) is 0. The van der Waals surface area contributed by atoms with Crippen LogP contribution in [0.1, 0.15) is 85.5 Å². The van der Waals surface area contributed by atoms with Crippen LogP contribution in [0.4, 0.5) is 0 Å². The summed E-state index contributed by atoms with van der Waals surface area (Å²) < 4.78 is 0. The van der Waals surface area contributed by atoms with Gasteiger partial charge in [0.2, 0.25) is 0 Å². The Kier molecular flexibility index (Phi) is 7.29. The van der Waals surface area contributed by atoms with Gasteiger partial charge in [0.25, 0.3) is 0 Å². The van der Waals surface area contributed by atoms with Crippen molar-refractivity contribution in [2.75, 3.05) is 6.54 Å². The molecule has 2 unspecified atom stereocenters. The first-order valence-corrected chi connectivity index (χ1v) is 8.28. The smallest absolute Gasteiger partial charge is 0.00966 e. The van der Waals surface area contributed by atoms with Gasteiger partial charge in [-0.25, -0.2) is 0 Å². The summed E-state index contributed by atoms with van der Waals surface area (Å²) in [6.07, 6.45) is 13.1. The lowest BCUT2D eigenvalue weighted by Gasteiger charge is -2.39. The summed E-state index contributed by atoms with van der Waals surface area (Å²) in [5.74, 6) is 2.01. The van der Waals surface area contributed by atoms with Gasteiger partial charge in [-0.15, -0.1) is 0 Å². The molecule has 0 aromatic heterocycles. The van der Waals surface area contributed by atoms with Gasteiger partial charge < -0.3 is 5.32 Å². The molecule has 18 heavy (non-hydrogen) atoms. The second-order valence-corrected chi connectivity index (χ2v) is 7.28. The maximum Gasteiger partial charge on any atom is 0.00966 e. The second kappa shape index (κ2) is 8.19. The Morgan fingerprint density at radius 1 is 0.889 bits per heavy atom. The maximum absolute atomic E-state index is 3.67. The first-order valence-electron chi connectivity index (χ1n) is 8.28. The lowest BCUT2D eigenvalue weighted by Crippen LogP contribution is -2.43. The van der Waals surface area contributed by atoms with E-state index in [0.717, 1.165) is 11.8 Å². The lowest BCUT2D eigenvalue weighted by atomic mass is 9.71. The average molecular weight is 253 g/mol. The molecular weight excluding hydrogens is 218 g/mol. The highest BCUT2D eigenvalue weighted by atomic mass is 14.9. The van der Waals surface area contributed by atoms with Crippen molar-refractivity contribution in [1.29, 1.82) is 0 Å². The maximum atomic E-state index is 3.67. The largest absolute Gasteiger partial charge is 0.312 e. The van der Waals surface area contributed by atoms with Gasteiger partial charge in [0, 0.05) is 5.54 Å². The van der Waals surface area contributed by atoms with Crippen molar-refractivity contribution in [3.05, 3.63) is 0 Å². The van der Waals surface area contributed by atoms with E-state index in [1.807, 2.05) is 0 Å². The Balaban J connectivity index is 1.98. The summed E-state index contributed by atoms with van der Waals surface area (Å²) in [7, 11) is 0.